The van der Waals surface area contributed by atoms with E-state index in [0.717, 1.165) is 6.42 Å². The van der Waals surface area contributed by atoms with Crippen LogP contribution < -0.4 is 0 Å². The van der Waals surface area contributed by atoms with Gasteiger partial charge in [-0.2, -0.15) is 0 Å². The molecule has 0 aromatic rings. The van der Waals surface area contributed by atoms with Gasteiger partial charge in [-0.25, -0.2) is 0 Å². The van der Waals surface area contributed by atoms with Gasteiger partial charge in [-0.1, -0.05) is 38.2 Å². The number of hydrogen-bond acceptors (Lipinski definition) is 2. The first-order valence-electron chi connectivity index (χ1n) is 6.11. The highest BCUT2D eigenvalue weighted by atomic mass is 16.5. The number of aliphatic carboxylic acids is 1. The standard InChI is InChI=1S/C14H22O3/c1-11(2)10-14(13(15)16)8-5-4-6-12(14)7-9-17-3/h4-6,8,11-12H,7,9-10H2,1-3H3,(H,15,16). The van der Waals surface area contributed by atoms with E-state index in [1.807, 2.05) is 24.3 Å². The van der Waals surface area contributed by atoms with Gasteiger partial charge in [-0.15, -0.1) is 0 Å². The summed E-state index contributed by atoms with van der Waals surface area (Å²) in [7, 11) is 1.65. The van der Waals surface area contributed by atoms with Crippen LogP contribution in [0.25, 0.3) is 0 Å². The molecule has 0 fully saturated rings. The Morgan fingerprint density at radius 1 is 1.47 bits per heavy atom. The average molecular weight is 238 g/mol. The summed E-state index contributed by atoms with van der Waals surface area (Å²) in [6.45, 7) is 4.71. The van der Waals surface area contributed by atoms with Gasteiger partial charge in [-0.3, -0.25) is 4.79 Å². The Bertz CT molecular complexity index is 317. The summed E-state index contributed by atoms with van der Waals surface area (Å²) in [5, 5.41) is 9.58. The second-order valence-corrected chi connectivity index (χ2v) is 5.08. The number of carbonyl (C=O) groups is 1. The highest BCUT2D eigenvalue weighted by molar-refractivity contribution is 5.78. The lowest BCUT2D eigenvalue weighted by molar-refractivity contribution is -0.149. The molecule has 0 heterocycles. The Morgan fingerprint density at radius 3 is 2.71 bits per heavy atom. The first-order valence-corrected chi connectivity index (χ1v) is 6.11. The minimum absolute atomic E-state index is 0.0207. The minimum Gasteiger partial charge on any atom is -0.481 e. The molecule has 0 aromatic heterocycles. The van der Waals surface area contributed by atoms with Crippen LogP contribution in [0, 0.1) is 17.3 Å². The zero-order valence-corrected chi connectivity index (χ0v) is 10.8. The van der Waals surface area contributed by atoms with Gasteiger partial charge in [0.2, 0.25) is 0 Å². The third kappa shape index (κ3) is 3.19. The van der Waals surface area contributed by atoms with E-state index < -0.39 is 11.4 Å². The molecule has 1 N–H and O–H groups in total. The Labute approximate surface area is 103 Å². The summed E-state index contributed by atoms with van der Waals surface area (Å²) in [5.41, 5.74) is -0.762. The quantitative estimate of drug-likeness (QED) is 0.774. The number of hydrogen-bond donors (Lipinski definition) is 1. The van der Waals surface area contributed by atoms with Crippen molar-refractivity contribution in [2.75, 3.05) is 13.7 Å². The van der Waals surface area contributed by atoms with Crippen LogP contribution in [0.1, 0.15) is 26.7 Å². The van der Waals surface area contributed by atoms with Crippen molar-refractivity contribution in [1.29, 1.82) is 0 Å². The summed E-state index contributed by atoms with van der Waals surface area (Å²) in [4.78, 5) is 11.7. The smallest absolute Gasteiger partial charge is 0.314 e. The molecule has 0 saturated carbocycles. The van der Waals surface area contributed by atoms with Crippen molar-refractivity contribution in [3.05, 3.63) is 24.3 Å². The predicted molar refractivity (Wildman–Crippen MR) is 67.8 cm³/mol. The predicted octanol–water partition coefficient (Wildman–Crippen LogP) is 2.88. The largest absolute Gasteiger partial charge is 0.481 e. The summed E-state index contributed by atoms with van der Waals surface area (Å²) < 4.78 is 5.07. The van der Waals surface area contributed by atoms with E-state index in [1.54, 1.807) is 7.11 Å². The number of carboxylic acid groups (broad SMARTS) is 1. The molecule has 1 aliphatic carbocycles. The number of methoxy groups -OCH3 is 1. The van der Waals surface area contributed by atoms with Crippen LogP contribution >= 0.6 is 0 Å². The summed E-state index contributed by atoms with van der Waals surface area (Å²) in [6, 6.07) is 0. The van der Waals surface area contributed by atoms with E-state index in [4.69, 9.17) is 4.74 Å². The van der Waals surface area contributed by atoms with Gasteiger partial charge in [0, 0.05) is 13.7 Å². The van der Waals surface area contributed by atoms with E-state index in [0.29, 0.717) is 18.9 Å². The van der Waals surface area contributed by atoms with Gasteiger partial charge in [0.1, 0.15) is 0 Å². The second kappa shape index (κ2) is 6.01. The first-order chi connectivity index (χ1) is 8.03. The Morgan fingerprint density at radius 2 is 2.18 bits per heavy atom. The van der Waals surface area contributed by atoms with Crippen LogP contribution in [0.4, 0.5) is 0 Å². The highest BCUT2D eigenvalue weighted by Gasteiger charge is 2.43. The lowest BCUT2D eigenvalue weighted by atomic mass is 9.67. The van der Waals surface area contributed by atoms with Crippen LogP contribution in [-0.2, 0) is 9.53 Å². The van der Waals surface area contributed by atoms with Crippen molar-refractivity contribution in [2.24, 2.45) is 17.3 Å². The minimum atomic E-state index is -0.762. The van der Waals surface area contributed by atoms with Crippen LogP contribution in [0.5, 0.6) is 0 Å². The Balaban J connectivity index is 2.94. The lowest BCUT2D eigenvalue weighted by Gasteiger charge is -2.36. The van der Waals surface area contributed by atoms with E-state index >= 15 is 0 Å². The molecule has 0 saturated heterocycles. The fraction of sp³-hybridized carbons (Fsp3) is 0.643. The molecule has 0 radical (unpaired) electrons. The fourth-order valence-corrected chi connectivity index (χ4v) is 2.53. The maximum absolute atomic E-state index is 11.7. The SMILES string of the molecule is COCCC1C=CC=CC1(CC(C)C)C(=O)O. The van der Waals surface area contributed by atoms with Crippen molar-refractivity contribution < 1.29 is 14.6 Å². The topological polar surface area (TPSA) is 46.5 Å². The summed E-state index contributed by atoms with van der Waals surface area (Å²) in [5.74, 6) is -0.354. The van der Waals surface area contributed by atoms with Crippen molar-refractivity contribution >= 4 is 5.97 Å². The zero-order chi connectivity index (χ0) is 12.9. The van der Waals surface area contributed by atoms with Gasteiger partial charge in [0.15, 0.2) is 0 Å². The van der Waals surface area contributed by atoms with Gasteiger partial charge in [0.25, 0.3) is 0 Å². The lowest BCUT2D eigenvalue weighted by Crippen LogP contribution is -2.39. The third-order valence-corrected chi connectivity index (χ3v) is 3.29. The summed E-state index contributed by atoms with van der Waals surface area (Å²) in [6.07, 6.45) is 9.03. The van der Waals surface area contributed by atoms with Crippen molar-refractivity contribution in [3.63, 3.8) is 0 Å². The fourth-order valence-electron chi connectivity index (χ4n) is 2.53. The van der Waals surface area contributed by atoms with Crippen LogP contribution in [0.3, 0.4) is 0 Å². The molecule has 2 unspecified atom stereocenters. The van der Waals surface area contributed by atoms with Gasteiger partial charge >= 0.3 is 5.97 Å². The number of rotatable bonds is 6. The molecule has 1 rings (SSSR count). The molecular weight excluding hydrogens is 216 g/mol. The normalized spacial score (nSPS) is 27.6. The third-order valence-electron chi connectivity index (χ3n) is 3.29. The Kier molecular flexibility index (Phi) is 4.94. The van der Waals surface area contributed by atoms with E-state index in [1.165, 1.54) is 0 Å². The molecule has 2 atom stereocenters. The summed E-state index contributed by atoms with van der Waals surface area (Å²) >= 11 is 0. The van der Waals surface area contributed by atoms with Crippen molar-refractivity contribution in [2.45, 2.75) is 26.7 Å². The van der Waals surface area contributed by atoms with Gasteiger partial charge < -0.3 is 9.84 Å². The molecule has 96 valence electrons. The molecule has 0 aromatic carbocycles. The van der Waals surface area contributed by atoms with Crippen molar-refractivity contribution in [3.8, 4) is 0 Å². The monoisotopic (exact) mass is 238 g/mol. The van der Waals surface area contributed by atoms with Crippen LogP contribution in [0.15, 0.2) is 24.3 Å². The van der Waals surface area contributed by atoms with E-state index in [9.17, 15) is 9.90 Å². The Hall–Kier alpha value is -1.09. The van der Waals surface area contributed by atoms with Crippen molar-refractivity contribution in [1.82, 2.24) is 0 Å². The van der Waals surface area contributed by atoms with Gasteiger partial charge in [-0.05, 0) is 24.7 Å². The number of ether oxygens (including phenoxy) is 1. The van der Waals surface area contributed by atoms with Crippen LogP contribution in [-0.4, -0.2) is 24.8 Å². The molecule has 0 bridgehead atoms. The van der Waals surface area contributed by atoms with E-state index in [-0.39, 0.29) is 5.92 Å². The first kappa shape index (κ1) is 14.0. The number of allylic oxidation sites excluding steroid dienone is 3. The highest BCUT2D eigenvalue weighted by Crippen LogP contribution is 2.41. The molecular formula is C14H22O3. The molecule has 17 heavy (non-hydrogen) atoms. The second-order valence-electron chi connectivity index (χ2n) is 5.08. The molecule has 3 heteroatoms. The molecule has 1 aliphatic rings. The molecule has 0 spiro atoms. The van der Waals surface area contributed by atoms with Crippen LogP contribution in [0.2, 0.25) is 0 Å². The zero-order valence-electron chi connectivity index (χ0n) is 10.8. The molecule has 0 amide bonds. The average Bonchev–Trinajstić information content (AvgIpc) is 2.26. The maximum atomic E-state index is 11.7. The molecule has 0 aliphatic heterocycles. The molecule has 3 nitrogen and oxygen atoms in total. The number of carboxylic acids is 1. The maximum Gasteiger partial charge on any atom is 0.314 e. The van der Waals surface area contributed by atoms with E-state index in [2.05, 4.69) is 13.8 Å². The van der Waals surface area contributed by atoms with Gasteiger partial charge in [0.05, 0.1) is 5.41 Å².